The van der Waals surface area contributed by atoms with Gasteiger partial charge >= 0.3 is 17.9 Å². The van der Waals surface area contributed by atoms with Crippen LogP contribution in [0.3, 0.4) is 0 Å². The largest absolute Gasteiger partial charge is 0.462 e. The second-order valence-electron chi connectivity index (χ2n) is 22.4. The number of esters is 3. The predicted molar refractivity (Wildman–Crippen MR) is 353 cm³/mol. The van der Waals surface area contributed by atoms with Gasteiger partial charge < -0.3 is 14.2 Å². The molecule has 0 aromatic rings. The van der Waals surface area contributed by atoms with Crippen LogP contribution in [0, 0.1) is 0 Å². The minimum atomic E-state index is -0.787. The molecule has 462 valence electrons. The molecule has 81 heavy (non-hydrogen) atoms. The van der Waals surface area contributed by atoms with Crippen molar-refractivity contribution in [1.29, 1.82) is 0 Å². The van der Waals surface area contributed by atoms with Gasteiger partial charge in [0.15, 0.2) is 6.10 Å². The quantitative estimate of drug-likeness (QED) is 0.0261. The summed E-state index contributed by atoms with van der Waals surface area (Å²) in [7, 11) is 0. The van der Waals surface area contributed by atoms with Crippen molar-refractivity contribution in [2.24, 2.45) is 0 Å². The van der Waals surface area contributed by atoms with Gasteiger partial charge in [-0.25, -0.2) is 0 Å². The predicted octanol–water partition coefficient (Wildman–Crippen LogP) is 23.6. The molecule has 6 nitrogen and oxygen atoms in total. The maximum absolute atomic E-state index is 12.9. The fraction of sp³-hybridized carbons (Fsp3) is 0.693. The Kier molecular flexibility index (Phi) is 64.8. The molecule has 0 spiro atoms. The fourth-order valence-corrected chi connectivity index (χ4v) is 9.37. The number of allylic oxidation sites excluding steroid dienone is 20. The van der Waals surface area contributed by atoms with Crippen LogP contribution in [0.2, 0.25) is 0 Å². The first-order valence-electron chi connectivity index (χ1n) is 34.0. The van der Waals surface area contributed by atoms with Gasteiger partial charge in [-0.2, -0.15) is 0 Å². The van der Waals surface area contributed by atoms with Crippen LogP contribution in [-0.4, -0.2) is 37.2 Å². The highest BCUT2D eigenvalue weighted by atomic mass is 16.6. The Morgan fingerprint density at radius 3 is 0.753 bits per heavy atom. The van der Waals surface area contributed by atoms with E-state index in [0.717, 1.165) is 128 Å². The number of hydrogen-bond donors (Lipinski definition) is 0. The monoisotopic (exact) mass is 1120 g/mol. The highest BCUT2D eigenvalue weighted by Crippen LogP contribution is 2.16. The molecule has 0 amide bonds. The van der Waals surface area contributed by atoms with Crippen LogP contribution in [0.15, 0.2) is 122 Å². The van der Waals surface area contributed by atoms with Crippen LogP contribution in [-0.2, 0) is 28.6 Å². The van der Waals surface area contributed by atoms with Gasteiger partial charge in [0, 0.05) is 19.3 Å². The molecule has 0 aliphatic heterocycles. The molecule has 0 aliphatic carbocycles. The molecule has 0 aliphatic rings. The van der Waals surface area contributed by atoms with E-state index >= 15 is 0 Å². The number of hydrogen-bond acceptors (Lipinski definition) is 6. The van der Waals surface area contributed by atoms with E-state index in [9.17, 15) is 14.4 Å². The Hall–Kier alpha value is -4.19. The van der Waals surface area contributed by atoms with Crippen LogP contribution in [0.4, 0.5) is 0 Å². The van der Waals surface area contributed by atoms with Crippen molar-refractivity contribution in [2.45, 2.75) is 322 Å². The molecule has 0 saturated heterocycles. The van der Waals surface area contributed by atoms with Gasteiger partial charge in [-0.05, 0) is 116 Å². The number of unbranched alkanes of at least 4 members (excludes halogenated alkanes) is 30. The molecular weight excluding hydrogens is 997 g/mol. The van der Waals surface area contributed by atoms with Crippen LogP contribution in [0.1, 0.15) is 316 Å². The fourth-order valence-electron chi connectivity index (χ4n) is 9.37. The van der Waals surface area contributed by atoms with Crippen molar-refractivity contribution in [1.82, 2.24) is 0 Å². The van der Waals surface area contributed by atoms with Gasteiger partial charge in [-0.15, -0.1) is 0 Å². The highest BCUT2D eigenvalue weighted by Gasteiger charge is 2.19. The number of ether oxygens (including phenoxy) is 3. The highest BCUT2D eigenvalue weighted by molar-refractivity contribution is 5.71. The van der Waals surface area contributed by atoms with Crippen molar-refractivity contribution in [3.63, 3.8) is 0 Å². The summed E-state index contributed by atoms with van der Waals surface area (Å²) in [4.78, 5) is 38.2. The lowest BCUT2D eigenvalue weighted by molar-refractivity contribution is -0.167. The maximum atomic E-state index is 12.9. The van der Waals surface area contributed by atoms with Crippen LogP contribution in [0.25, 0.3) is 0 Å². The SMILES string of the molecule is CC/C=C\C/C=C\C/C=C\C/C=C\C/C=C\C/C=C\C/C=C\CCCCCCCCCCCCCC(=O)OCC(COC(=O)CCCCCCCCCCC)OC(=O)CCCCCCCC/C=C\C/C=C\C/C=C\CCCCCCC. The molecule has 6 heteroatoms. The summed E-state index contributed by atoms with van der Waals surface area (Å²) >= 11 is 0. The molecule has 1 unspecified atom stereocenters. The second kappa shape index (κ2) is 68.3. The molecule has 0 aromatic heterocycles. The van der Waals surface area contributed by atoms with E-state index in [4.69, 9.17) is 14.2 Å². The van der Waals surface area contributed by atoms with E-state index in [2.05, 4.69) is 142 Å². The smallest absolute Gasteiger partial charge is 0.306 e. The van der Waals surface area contributed by atoms with Crippen molar-refractivity contribution in [2.75, 3.05) is 13.2 Å². The van der Waals surface area contributed by atoms with Gasteiger partial charge in [0.25, 0.3) is 0 Å². The van der Waals surface area contributed by atoms with Gasteiger partial charge in [0.2, 0.25) is 0 Å². The Morgan fingerprint density at radius 1 is 0.259 bits per heavy atom. The lowest BCUT2D eigenvalue weighted by atomic mass is 10.0. The summed E-state index contributed by atoms with van der Waals surface area (Å²) in [6, 6.07) is 0. The first kappa shape index (κ1) is 76.8. The zero-order chi connectivity index (χ0) is 58.5. The molecule has 0 radical (unpaired) electrons. The van der Waals surface area contributed by atoms with Crippen molar-refractivity contribution >= 4 is 17.9 Å². The van der Waals surface area contributed by atoms with Crippen LogP contribution >= 0.6 is 0 Å². The number of carbonyl (C=O) groups is 3. The van der Waals surface area contributed by atoms with Crippen LogP contribution < -0.4 is 0 Å². The average molecular weight is 1120 g/mol. The molecule has 1 atom stereocenters. The number of carbonyl (C=O) groups excluding carboxylic acids is 3. The Labute approximate surface area is 501 Å². The summed E-state index contributed by atoms with van der Waals surface area (Å²) in [6.45, 7) is 6.50. The third-order valence-electron chi connectivity index (χ3n) is 14.5. The average Bonchev–Trinajstić information content (AvgIpc) is 3.47. The third kappa shape index (κ3) is 66.5. The van der Waals surface area contributed by atoms with E-state index in [0.29, 0.717) is 19.3 Å². The van der Waals surface area contributed by atoms with E-state index in [1.165, 1.54) is 148 Å². The lowest BCUT2D eigenvalue weighted by Gasteiger charge is -2.18. The zero-order valence-corrected chi connectivity index (χ0v) is 53.0. The molecule has 0 rings (SSSR count). The van der Waals surface area contributed by atoms with E-state index < -0.39 is 6.10 Å². The summed E-state index contributed by atoms with van der Waals surface area (Å²) in [5, 5.41) is 0. The first-order valence-corrected chi connectivity index (χ1v) is 34.0. The first-order chi connectivity index (χ1) is 40.0. The molecule has 0 heterocycles. The zero-order valence-electron chi connectivity index (χ0n) is 53.0. The summed E-state index contributed by atoms with van der Waals surface area (Å²) < 4.78 is 16.9. The maximum Gasteiger partial charge on any atom is 0.306 e. The van der Waals surface area contributed by atoms with Crippen LogP contribution in [0.5, 0.6) is 0 Å². The summed E-state index contributed by atoms with van der Waals surface area (Å²) in [6.07, 6.45) is 95.1. The Bertz CT molecular complexity index is 1670. The van der Waals surface area contributed by atoms with E-state index in [-0.39, 0.29) is 31.1 Å². The Morgan fingerprint density at radius 2 is 0.481 bits per heavy atom. The molecule has 0 fully saturated rings. The summed E-state index contributed by atoms with van der Waals surface area (Å²) in [5.41, 5.74) is 0. The van der Waals surface area contributed by atoms with E-state index in [1.807, 2.05) is 0 Å². The molecule has 0 saturated carbocycles. The Balaban J connectivity index is 4.20. The van der Waals surface area contributed by atoms with Gasteiger partial charge in [0.1, 0.15) is 13.2 Å². The minimum absolute atomic E-state index is 0.0830. The topological polar surface area (TPSA) is 78.9 Å². The molecular formula is C75H126O6. The van der Waals surface area contributed by atoms with E-state index in [1.54, 1.807) is 0 Å². The molecule has 0 N–H and O–H groups in total. The second-order valence-corrected chi connectivity index (χ2v) is 22.4. The molecule has 0 aromatic carbocycles. The third-order valence-corrected chi connectivity index (χ3v) is 14.5. The lowest BCUT2D eigenvalue weighted by Crippen LogP contribution is -2.30. The summed E-state index contributed by atoms with van der Waals surface area (Å²) in [5.74, 6) is -0.894. The van der Waals surface area contributed by atoms with Gasteiger partial charge in [0.05, 0.1) is 0 Å². The normalized spacial score (nSPS) is 12.9. The van der Waals surface area contributed by atoms with Gasteiger partial charge in [-0.3, -0.25) is 14.4 Å². The van der Waals surface area contributed by atoms with Crippen molar-refractivity contribution in [3.05, 3.63) is 122 Å². The minimum Gasteiger partial charge on any atom is -0.462 e. The van der Waals surface area contributed by atoms with Gasteiger partial charge in [-0.1, -0.05) is 303 Å². The molecule has 0 bridgehead atoms. The number of rotatable bonds is 61. The van der Waals surface area contributed by atoms with Crippen molar-refractivity contribution in [3.8, 4) is 0 Å². The standard InChI is InChI=1S/C75H126O6/c1-4-7-10-13-16-19-21-23-25-27-29-31-32-33-34-35-36-37-38-39-40-41-42-44-45-47-49-51-53-56-59-62-65-68-74(77)80-71-72(70-79-73(76)67-64-61-58-55-18-15-12-9-6-3)81-75(78)69-66-63-60-57-54-52-50-48-46-43-30-28-26-24-22-20-17-14-11-8-5-2/h7,10,16,19,22-25,28-31,33-34,36-37,39-40,46,48,72H,4-6,8-9,11-15,17-18,20-21,26-27,32,35,38,41-45,47,49-71H2,1-3H3/b10-7-,19-16-,24-22-,25-23-,30-28-,31-29-,34-33-,37-36-,40-39-,48-46-. The van der Waals surface area contributed by atoms with Crippen molar-refractivity contribution < 1.29 is 28.6 Å².